The topological polar surface area (TPSA) is 78.9 Å². The van der Waals surface area contributed by atoms with Crippen LogP contribution in [0, 0.1) is 0 Å². The first-order valence-electron chi connectivity index (χ1n) is 27.5. The van der Waals surface area contributed by atoms with Crippen molar-refractivity contribution in [2.24, 2.45) is 0 Å². The van der Waals surface area contributed by atoms with Gasteiger partial charge in [0.05, 0.1) is 0 Å². The molecule has 63 heavy (non-hydrogen) atoms. The van der Waals surface area contributed by atoms with Gasteiger partial charge in [0.2, 0.25) is 0 Å². The van der Waals surface area contributed by atoms with Gasteiger partial charge in [-0.3, -0.25) is 14.4 Å². The lowest BCUT2D eigenvalue weighted by Gasteiger charge is -2.18. The SMILES string of the molecule is CCCCC/C=C\CCCCCCCC(=O)OCC(COC(=O)CCCCCCCCCCC/C=C\CCCCCCCCCC)OC(=O)CCCCCCC/C=C\CCCCC. The minimum absolute atomic E-state index is 0.0775. The number of hydrogen-bond donors (Lipinski definition) is 0. The van der Waals surface area contributed by atoms with E-state index in [9.17, 15) is 14.4 Å². The number of carbonyl (C=O) groups is 3. The van der Waals surface area contributed by atoms with Crippen LogP contribution in [0.2, 0.25) is 0 Å². The molecule has 0 heterocycles. The smallest absolute Gasteiger partial charge is 0.306 e. The van der Waals surface area contributed by atoms with Crippen molar-refractivity contribution < 1.29 is 28.6 Å². The number of unbranched alkanes of at least 4 members (excludes halogenated alkanes) is 33. The van der Waals surface area contributed by atoms with E-state index in [1.54, 1.807) is 0 Å². The maximum absolute atomic E-state index is 12.8. The second-order valence-electron chi connectivity index (χ2n) is 18.5. The summed E-state index contributed by atoms with van der Waals surface area (Å²) in [5, 5.41) is 0. The summed E-state index contributed by atoms with van der Waals surface area (Å²) in [7, 11) is 0. The van der Waals surface area contributed by atoms with E-state index in [0.29, 0.717) is 19.3 Å². The molecule has 0 fully saturated rings. The Hall–Kier alpha value is -2.37. The van der Waals surface area contributed by atoms with E-state index in [1.165, 1.54) is 173 Å². The lowest BCUT2D eigenvalue weighted by Crippen LogP contribution is -2.30. The molecule has 0 aromatic rings. The van der Waals surface area contributed by atoms with Crippen LogP contribution in [0.15, 0.2) is 36.5 Å². The van der Waals surface area contributed by atoms with Crippen molar-refractivity contribution in [1.82, 2.24) is 0 Å². The minimum atomic E-state index is -0.778. The lowest BCUT2D eigenvalue weighted by molar-refractivity contribution is -0.167. The highest BCUT2D eigenvalue weighted by atomic mass is 16.6. The largest absolute Gasteiger partial charge is 0.462 e. The lowest BCUT2D eigenvalue weighted by atomic mass is 10.1. The van der Waals surface area contributed by atoms with Gasteiger partial charge in [-0.25, -0.2) is 0 Å². The standard InChI is InChI=1S/C57H104O6/c1-4-7-10-13-16-19-22-25-26-27-28-29-30-31-32-33-36-38-41-44-47-50-56(59)62-53-54(63-57(60)51-48-45-42-39-35-24-21-18-15-12-9-6-3)52-61-55(58)49-46-43-40-37-34-23-20-17-14-11-8-5-2/h17-18,20-21,27-28,54H,4-16,19,22-26,29-53H2,1-3H3/b20-17-,21-18-,28-27-. The van der Waals surface area contributed by atoms with Gasteiger partial charge < -0.3 is 14.2 Å². The van der Waals surface area contributed by atoms with Crippen molar-refractivity contribution in [1.29, 1.82) is 0 Å². The Balaban J connectivity index is 4.27. The van der Waals surface area contributed by atoms with Crippen LogP contribution < -0.4 is 0 Å². The van der Waals surface area contributed by atoms with Crippen LogP contribution in [0.5, 0.6) is 0 Å². The zero-order valence-electron chi connectivity index (χ0n) is 42.1. The first kappa shape index (κ1) is 60.6. The second kappa shape index (κ2) is 52.3. The maximum atomic E-state index is 12.8. The average molecular weight is 885 g/mol. The fourth-order valence-corrected chi connectivity index (χ4v) is 7.90. The summed E-state index contributed by atoms with van der Waals surface area (Å²) in [6.45, 7) is 6.60. The average Bonchev–Trinajstić information content (AvgIpc) is 3.28. The van der Waals surface area contributed by atoms with Crippen LogP contribution in [-0.2, 0) is 28.6 Å². The highest BCUT2D eigenvalue weighted by Gasteiger charge is 2.19. The van der Waals surface area contributed by atoms with Crippen molar-refractivity contribution in [3.8, 4) is 0 Å². The molecule has 0 spiro atoms. The molecule has 0 aliphatic carbocycles. The van der Waals surface area contributed by atoms with E-state index in [1.807, 2.05) is 0 Å². The molecule has 0 N–H and O–H groups in total. The van der Waals surface area contributed by atoms with E-state index < -0.39 is 6.10 Å². The zero-order chi connectivity index (χ0) is 45.8. The van der Waals surface area contributed by atoms with Crippen LogP contribution in [0.25, 0.3) is 0 Å². The fraction of sp³-hybridized carbons (Fsp3) is 0.842. The number of hydrogen-bond acceptors (Lipinski definition) is 6. The highest BCUT2D eigenvalue weighted by Crippen LogP contribution is 2.15. The monoisotopic (exact) mass is 885 g/mol. The summed E-state index contributed by atoms with van der Waals surface area (Å²) < 4.78 is 16.8. The van der Waals surface area contributed by atoms with E-state index >= 15 is 0 Å². The van der Waals surface area contributed by atoms with Crippen LogP contribution >= 0.6 is 0 Å². The Bertz CT molecular complexity index is 1060. The molecule has 0 amide bonds. The molecule has 0 rings (SSSR count). The Morgan fingerprint density at radius 1 is 0.302 bits per heavy atom. The molecule has 0 radical (unpaired) electrons. The number of ether oxygens (including phenoxy) is 3. The Morgan fingerprint density at radius 3 is 0.825 bits per heavy atom. The van der Waals surface area contributed by atoms with Gasteiger partial charge in [-0.15, -0.1) is 0 Å². The van der Waals surface area contributed by atoms with Gasteiger partial charge in [-0.05, 0) is 96.3 Å². The summed E-state index contributed by atoms with van der Waals surface area (Å²) in [5.74, 6) is -0.888. The molecule has 0 bridgehead atoms. The Labute approximate surface area is 391 Å². The van der Waals surface area contributed by atoms with Gasteiger partial charge in [0.1, 0.15) is 13.2 Å². The zero-order valence-corrected chi connectivity index (χ0v) is 42.1. The van der Waals surface area contributed by atoms with Crippen LogP contribution in [0.4, 0.5) is 0 Å². The molecule has 1 atom stereocenters. The van der Waals surface area contributed by atoms with Crippen LogP contribution in [0.1, 0.15) is 290 Å². The molecular formula is C57H104O6. The molecule has 0 aliphatic heterocycles. The van der Waals surface area contributed by atoms with Crippen molar-refractivity contribution in [3.63, 3.8) is 0 Å². The number of carbonyl (C=O) groups excluding carboxylic acids is 3. The third kappa shape index (κ3) is 50.5. The van der Waals surface area contributed by atoms with Gasteiger partial charge >= 0.3 is 17.9 Å². The van der Waals surface area contributed by atoms with Crippen molar-refractivity contribution in [2.45, 2.75) is 297 Å². The summed E-state index contributed by atoms with van der Waals surface area (Å²) in [4.78, 5) is 38.0. The van der Waals surface area contributed by atoms with E-state index in [4.69, 9.17) is 14.2 Å². The van der Waals surface area contributed by atoms with E-state index in [2.05, 4.69) is 57.2 Å². The fourth-order valence-electron chi connectivity index (χ4n) is 7.90. The minimum Gasteiger partial charge on any atom is -0.462 e. The molecule has 0 saturated carbocycles. The van der Waals surface area contributed by atoms with E-state index in [0.717, 1.165) is 77.0 Å². The van der Waals surface area contributed by atoms with Gasteiger partial charge in [-0.2, -0.15) is 0 Å². The third-order valence-electron chi connectivity index (χ3n) is 12.1. The van der Waals surface area contributed by atoms with Crippen LogP contribution in [0.3, 0.4) is 0 Å². The number of rotatable bonds is 50. The maximum Gasteiger partial charge on any atom is 0.306 e. The summed E-state index contributed by atoms with van der Waals surface area (Å²) in [6, 6.07) is 0. The summed E-state index contributed by atoms with van der Waals surface area (Å²) in [5.41, 5.74) is 0. The van der Waals surface area contributed by atoms with Crippen LogP contribution in [-0.4, -0.2) is 37.2 Å². The molecule has 6 nitrogen and oxygen atoms in total. The van der Waals surface area contributed by atoms with Gasteiger partial charge in [0.15, 0.2) is 6.10 Å². The molecule has 0 aliphatic rings. The predicted molar refractivity (Wildman–Crippen MR) is 270 cm³/mol. The van der Waals surface area contributed by atoms with Gasteiger partial charge in [0.25, 0.3) is 0 Å². The van der Waals surface area contributed by atoms with Crippen molar-refractivity contribution in [3.05, 3.63) is 36.5 Å². The second-order valence-corrected chi connectivity index (χ2v) is 18.5. The van der Waals surface area contributed by atoms with Gasteiger partial charge in [-0.1, -0.05) is 211 Å². The molecular weight excluding hydrogens is 781 g/mol. The quantitative estimate of drug-likeness (QED) is 0.0262. The molecule has 368 valence electrons. The van der Waals surface area contributed by atoms with E-state index in [-0.39, 0.29) is 31.1 Å². The Kier molecular flexibility index (Phi) is 50.3. The summed E-state index contributed by atoms with van der Waals surface area (Å²) in [6.07, 6.45) is 61.4. The predicted octanol–water partition coefficient (Wildman–Crippen LogP) is 18.1. The van der Waals surface area contributed by atoms with Crippen molar-refractivity contribution >= 4 is 17.9 Å². The Morgan fingerprint density at radius 2 is 0.524 bits per heavy atom. The summed E-state index contributed by atoms with van der Waals surface area (Å²) >= 11 is 0. The highest BCUT2D eigenvalue weighted by molar-refractivity contribution is 5.71. The third-order valence-corrected chi connectivity index (χ3v) is 12.1. The van der Waals surface area contributed by atoms with Crippen molar-refractivity contribution in [2.75, 3.05) is 13.2 Å². The number of allylic oxidation sites excluding steroid dienone is 6. The normalized spacial score (nSPS) is 12.2. The molecule has 6 heteroatoms. The molecule has 0 aromatic carbocycles. The number of esters is 3. The molecule has 0 saturated heterocycles. The first-order valence-corrected chi connectivity index (χ1v) is 27.5. The molecule has 0 aromatic heterocycles. The molecule has 1 unspecified atom stereocenters. The first-order chi connectivity index (χ1) is 31.0. The van der Waals surface area contributed by atoms with Gasteiger partial charge in [0, 0.05) is 19.3 Å².